The van der Waals surface area contributed by atoms with Crippen molar-refractivity contribution < 1.29 is 9.53 Å². The predicted octanol–water partition coefficient (Wildman–Crippen LogP) is 2.00. The van der Waals surface area contributed by atoms with Crippen molar-refractivity contribution in [2.75, 3.05) is 0 Å². The van der Waals surface area contributed by atoms with Crippen LogP contribution in [0.5, 0.6) is 5.88 Å². The summed E-state index contributed by atoms with van der Waals surface area (Å²) < 4.78 is 5.12. The van der Waals surface area contributed by atoms with Crippen molar-refractivity contribution in [3.63, 3.8) is 0 Å². The molecule has 2 aromatic rings. The number of ether oxygens (including phenoxy) is 1. The Balaban J connectivity index is 2.18. The Morgan fingerprint density at radius 2 is 1.81 bits per heavy atom. The summed E-state index contributed by atoms with van der Waals surface area (Å²) >= 11 is 0. The molecule has 0 bridgehead atoms. The molecule has 0 aliphatic rings. The van der Waals surface area contributed by atoms with Crippen LogP contribution in [0.3, 0.4) is 0 Å². The summed E-state index contributed by atoms with van der Waals surface area (Å²) in [6.45, 7) is 1.74. The van der Waals surface area contributed by atoms with E-state index in [2.05, 4.69) is 9.97 Å². The molecule has 0 aliphatic heterocycles. The molecule has 4 nitrogen and oxygen atoms in total. The lowest BCUT2D eigenvalue weighted by Crippen LogP contribution is -2.10. The molecule has 0 fully saturated rings. The zero-order valence-corrected chi connectivity index (χ0v) is 8.75. The Morgan fingerprint density at radius 1 is 1.12 bits per heavy atom. The molecule has 1 aromatic heterocycles. The third-order valence-electron chi connectivity index (χ3n) is 2.04. The molecule has 0 atom stereocenters. The van der Waals surface area contributed by atoms with Gasteiger partial charge in [-0.15, -0.1) is 0 Å². The van der Waals surface area contributed by atoms with Crippen molar-refractivity contribution in [2.45, 2.75) is 6.92 Å². The van der Waals surface area contributed by atoms with E-state index < -0.39 is 5.97 Å². The van der Waals surface area contributed by atoms with Crippen LogP contribution >= 0.6 is 0 Å². The van der Waals surface area contributed by atoms with Gasteiger partial charge in [-0.1, -0.05) is 18.2 Å². The summed E-state index contributed by atoms with van der Waals surface area (Å²) in [7, 11) is 0. The second-order valence-corrected chi connectivity index (χ2v) is 3.20. The minimum absolute atomic E-state index is 0.247. The summed E-state index contributed by atoms with van der Waals surface area (Å²) in [5, 5.41) is 0. The normalized spacial score (nSPS) is 9.81. The fourth-order valence-corrected chi connectivity index (χ4v) is 1.22. The molecule has 1 heterocycles. The van der Waals surface area contributed by atoms with Crippen LogP contribution in [-0.2, 0) is 0 Å². The number of aryl methyl sites for hydroxylation is 1. The summed E-state index contributed by atoms with van der Waals surface area (Å²) in [6.07, 6.45) is 3.04. The van der Waals surface area contributed by atoms with E-state index >= 15 is 0 Å². The first-order valence-corrected chi connectivity index (χ1v) is 4.82. The third kappa shape index (κ3) is 2.23. The lowest BCUT2D eigenvalue weighted by Gasteiger charge is -2.04. The minimum atomic E-state index is -0.427. The molecule has 0 spiro atoms. The standard InChI is InChI=1S/C12H10N2O2/c1-9-11(14-8-7-13-9)16-12(15)10-5-3-2-4-6-10/h2-8H,1H3. The Bertz CT molecular complexity index is 497. The van der Waals surface area contributed by atoms with Gasteiger partial charge < -0.3 is 4.74 Å². The van der Waals surface area contributed by atoms with Crippen LogP contribution in [0.25, 0.3) is 0 Å². The molecule has 0 unspecified atom stereocenters. The van der Waals surface area contributed by atoms with Crippen molar-refractivity contribution in [2.24, 2.45) is 0 Å². The van der Waals surface area contributed by atoms with Gasteiger partial charge in [0, 0.05) is 12.4 Å². The van der Waals surface area contributed by atoms with E-state index in [0.29, 0.717) is 11.3 Å². The summed E-state index contributed by atoms with van der Waals surface area (Å²) in [4.78, 5) is 19.6. The lowest BCUT2D eigenvalue weighted by atomic mass is 10.2. The number of nitrogens with zero attached hydrogens (tertiary/aromatic N) is 2. The first kappa shape index (κ1) is 10.3. The number of hydrogen-bond donors (Lipinski definition) is 0. The average molecular weight is 214 g/mol. The summed E-state index contributed by atoms with van der Waals surface area (Å²) in [5.74, 6) is -0.180. The van der Waals surface area contributed by atoms with E-state index in [4.69, 9.17) is 4.74 Å². The van der Waals surface area contributed by atoms with Crippen LogP contribution < -0.4 is 4.74 Å². The van der Waals surface area contributed by atoms with Gasteiger partial charge in [0.15, 0.2) is 0 Å². The largest absolute Gasteiger partial charge is 0.402 e. The zero-order chi connectivity index (χ0) is 11.4. The molecule has 2 rings (SSSR count). The van der Waals surface area contributed by atoms with E-state index in [9.17, 15) is 4.79 Å². The van der Waals surface area contributed by atoms with Crippen LogP contribution in [-0.4, -0.2) is 15.9 Å². The third-order valence-corrected chi connectivity index (χ3v) is 2.04. The van der Waals surface area contributed by atoms with Crippen LogP contribution in [0.2, 0.25) is 0 Å². The van der Waals surface area contributed by atoms with Gasteiger partial charge in [0.2, 0.25) is 5.88 Å². The van der Waals surface area contributed by atoms with Gasteiger partial charge in [-0.2, -0.15) is 0 Å². The zero-order valence-electron chi connectivity index (χ0n) is 8.75. The van der Waals surface area contributed by atoms with Gasteiger partial charge in [-0.25, -0.2) is 9.78 Å². The fourth-order valence-electron chi connectivity index (χ4n) is 1.22. The molecule has 0 amide bonds. The molecule has 0 N–H and O–H groups in total. The molecule has 1 aromatic carbocycles. The van der Waals surface area contributed by atoms with E-state index in [1.165, 1.54) is 6.20 Å². The highest BCUT2D eigenvalue weighted by Crippen LogP contribution is 2.11. The molecular formula is C12H10N2O2. The van der Waals surface area contributed by atoms with Crippen LogP contribution in [0.15, 0.2) is 42.7 Å². The highest BCUT2D eigenvalue weighted by atomic mass is 16.5. The molecule has 0 radical (unpaired) electrons. The van der Waals surface area contributed by atoms with E-state index in [1.807, 2.05) is 6.07 Å². The molecular weight excluding hydrogens is 204 g/mol. The second kappa shape index (κ2) is 4.53. The van der Waals surface area contributed by atoms with Crippen molar-refractivity contribution in [3.05, 3.63) is 54.0 Å². The predicted molar refractivity (Wildman–Crippen MR) is 58.2 cm³/mol. The first-order valence-electron chi connectivity index (χ1n) is 4.82. The number of aromatic nitrogens is 2. The first-order chi connectivity index (χ1) is 7.77. The average Bonchev–Trinajstić information content (AvgIpc) is 2.33. The number of carbonyl (C=O) groups excluding carboxylic acids is 1. The maximum absolute atomic E-state index is 11.7. The molecule has 0 saturated heterocycles. The quantitative estimate of drug-likeness (QED) is 0.717. The Kier molecular flexibility index (Phi) is 2.91. The van der Waals surface area contributed by atoms with Crippen molar-refractivity contribution >= 4 is 5.97 Å². The molecule has 16 heavy (non-hydrogen) atoms. The monoisotopic (exact) mass is 214 g/mol. The fraction of sp³-hybridized carbons (Fsp3) is 0.0833. The summed E-state index contributed by atoms with van der Waals surface area (Å²) in [6, 6.07) is 8.77. The van der Waals surface area contributed by atoms with Crippen LogP contribution in [0.1, 0.15) is 16.1 Å². The highest BCUT2D eigenvalue weighted by Gasteiger charge is 2.10. The number of esters is 1. The number of hydrogen-bond acceptors (Lipinski definition) is 4. The number of benzene rings is 1. The summed E-state index contributed by atoms with van der Waals surface area (Å²) in [5.41, 5.74) is 1.08. The minimum Gasteiger partial charge on any atom is -0.402 e. The van der Waals surface area contributed by atoms with Crippen LogP contribution in [0, 0.1) is 6.92 Å². The Labute approximate surface area is 92.9 Å². The van der Waals surface area contributed by atoms with E-state index in [-0.39, 0.29) is 5.88 Å². The van der Waals surface area contributed by atoms with Gasteiger partial charge >= 0.3 is 5.97 Å². The Hall–Kier alpha value is -2.23. The smallest absolute Gasteiger partial charge is 0.344 e. The number of rotatable bonds is 2. The van der Waals surface area contributed by atoms with Gasteiger partial charge in [0.25, 0.3) is 0 Å². The van der Waals surface area contributed by atoms with Gasteiger partial charge in [0.05, 0.1) is 11.3 Å². The van der Waals surface area contributed by atoms with Gasteiger partial charge in [-0.3, -0.25) is 4.98 Å². The SMILES string of the molecule is Cc1nccnc1OC(=O)c1ccccc1. The van der Waals surface area contributed by atoms with Gasteiger partial charge in [-0.05, 0) is 19.1 Å². The maximum atomic E-state index is 11.7. The molecule has 80 valence electrons. The van der Waals surface area contributed by atoms with Gasteiger partial charge in [0.1, 0.15) is 0 Å². The number of carbonyl (C=O) groups is 1. The molecule has 0 saturated carbocycles. The van der Waals surface area contributed by atoms with E-state index in [1.54, 1.807) is 37.4 Å². The van der Waals surface area contributed by atoms with Crippen molar-refractivity contribution in [1.82, 2.24) is 9.97 Å². The topological polar surface area (TPSA) is 52.1 Å². The Morgan fingerprint density at radius 3 is 2.50 bits per heavy atom. The van der Waals surface area contributed by atoms with Crippen LogP contribution in [0.4, 0.5) is 0 Å². The highest BCUT2D eigenvalue weighted by molar-refractivity contribution is 5.90. The molecule has 0 aliphatic carbocycles. The second-order valence-electron chi connectivity index (χ2n) is 3.20. The van der Waals surface area contributed by atoms with Crippen molar-refractivity contribution in [1.29, 1.82) is 0 Å². The molecule has 4 heteroatoms. The lowest BCUT2D eigenvalue weighted by molar-refractivity contribution is 0.0725. The maximum Gasteiger partial charge on any atom is 0.344 e. The van der Waals surface area contributed by atoms with E-state index in [0.717, 1.165) is 0 Å². The van der Waals surface area contributed by atoms with Crippen molar-refractivity contribution in [3.8, 4) is 5.88 Å².